The Balaban J connectivity index is 1.50. The Hall–Kier alpha value is -2.35. The van der Waals surface area contributed by atoms with Gasteiger partial charge in [0, 0.05) is 22.6 Å². The Morgan fingerprint density at radius 3 is 2.58 bits per heavy atom. The molecule has 6 rings (SSSR count). The van der Waals surface area contributed by atoms with Crippen molar-refractivity contribution < 1.29 is 0 Å². The number of rotatable bonds is 4. The monoisotopic (exact) mass is 479 g/mol. The average Bonchev–Trinajstić information content (AvgIpc) is 3.22. The van der Waals surface area contributed by atoms with Gasteiger partial charge in [0.15, 0.2) is 0 Å². The summed E-state index contributed by atoms with van der Waals surface area (Å²) < 4.78 is 2.19. The van der Waals surface area contributed by atoms with Crippen LogP contribution in [-0.4, -0.2) is 44.5 Å². The fourth-order valence-corrected chi connectivity index (χ4v) is 6.48. The maximum atomic E-state index is 13.4. The van der Waals surface area contributed by atoms with Gasteiger partial charge >= 0.3 is 0 Å². The van der Waals surface area contributed by atoms with Crippen molar-refractivity contribution in [2.45, 2.75) is 51.5 Å². The van der Waals surface area contributed by atoms with Gasteiger partial charge in [-0.3, -0.25) is 4.79 Å². The summed E-state index contributed by atoms with van der Waals surface area (Å²) in [5, 5.41) is 10.6. The lowest BCUT2D eigenvalue weighted by atomic mass is 9.87. The Morgan fingerprint density at radius 1 is 0.970 bits per heavy atom. The van der Waals surface area contributed by atoms with E-state index in [0.29, 0.717) is 21.8 Å². The van der Waals surface area contributed by atoms with Crippen LogP contribution in [0.3, 0.4) is 0 Å². The minimum atomic E-state index is -0.0555. The summed E-state index contributed by atoms with van der Waals surface area (Å²) in [5.41, 5.74) is 5.31. The van der Waals surface area contributed by atoms with E-state index in [-0.39, 0.29) is 5.56 Å². The Bertz CT molecular complexity index is 1390. The molecule has 1 fully saturated rings. The van der Waals surface area contributed by atoms with Crippen molar-refractivity contribution >= 4 is 43.4 Å². The van der Waals surface area contributed by atoms with Gasteiger partial charge in [-0.05, 0) is 80.4 Å². The van der Waals surface area contributed by atoms with Crippen molar-refractivity contribution in [2.75, 3.05) is 19.6 Å². The minimum Gasteiger partial charge on any atom is -0.301 e. The van der Waals surface area contributed by atoms with Crippen LogP contribution in [0.15, 0.2) is 29.1 Å². The highest BCUT2D eigenvalue weighted by Crippen LogP contribution is 2.42. The first-order valence-corrected chi connectivity index (χ1v) is 13.1. The molecule has 0 spiro atoms. The fraction of sp³-hybridized carbons (Fsp3) is 0.440. The predicted molar refractivity (Wildman–Crippen MR) is 134 cm³/mol. The second-order valence-corrected chi connectivity index (χ2v) is 10.5. The van der Waals surface area contributed by atoms with Crippen molar-refractivity contribution in [1.82, 2.24) is 24.9 Å². The first-order chi connectivity index (χ1) is 16.2. The van der Waals surface area contributed by atoms with Gasteiger partial charge in [-0.25, -0.2) is 9.67 Å². The Labute approximate surface area is 201 Å². The number of piperidine rings is 1. The van der Waals surface area contributed by atoms with Crippen molar-refractivity contribution in [3.63, 3.8) is 0 Å². The number of halogens is 1. The summed E-state index contributed by atoms with van der Waals surface area (Å²) in [6.07, 6.45) is 8.05. The largest absolute Gasteiger partial charge is 0.301 e. The van der Waals surface area contributed by atoms with E-state index in [4.69, 9.17) is 16.6 Å². The number of pyridine rings is 1. The van der Waals surface area contributed by atoms with Crippen molar-refractivity contribution in [3.8, 4) is 11.1 Å². The van der Waals surface area contributed by atoms with Crippen LogP contribution in [0.5, 0.6) is 0 Å². The third-order valence-electron chi connectivity index (χ3n) is 6.98. The summed E-state index contributed by atoms with van der Waals surface area (Å²) in [5.74, 6) is 0. The quantitative estimate of drug-likeness (QED) is 0.408. The molecule has 6 nitrogen and oxygen atoms in total. The van der Waals surface area contributed by atoms with Crippen LogP contribution in [0.25, 0.3) is 31.6 Å². The highest BCUT2D eigenvalue weighted by molar-refractivity contribution is 7.25. The first-order valence-electron chi connectivity index (χ1n) is 11.9. The summed E-state index contributed by atoms with van der Waals surface area (Å²) in [4.78, 5) is 21.7. The van der Waals surface area contributed by atoms with Crippen LogP contribution >= 0.6 is 22.9 Å². The highest BCUT2D eigenvalue weighted by Gasteiger charge is 2.24. The first kappa shape index (κ1) is 21.2. The lowest BCUT2D eigenvalue weighted by Crippen LogP contribution is -2.35. The Kier molecular flexibility index (Phi) is 5.64. The molecule has 0 atom stereocenters. The van der Waals surface area contributed by atoms with E-state index in [9.17, 15) is 4.79 Å². The molecule has 33 heavy (non-hydrogen) atoms. The molecule has 1 aromatic carbocycles. The summed E-state index contributed by atoms with van der Waals surface area (Å²) >= 11 is 7.64. The summed E-state index contributed by atoms with van der Waals surface area (Å²) in [7, 11) is 0. The number of nitrogens with zero attached hydrogens (tertiary/aromatic N) is 5. The zero-order valence-corrected chi connectivity index (χ0v) is 20.1. The highest BCUT2D eigenvalue weighted by atomic mass is 35.5. The van der Waals surface area contributed by atoms with Gasteiger partial charge in [0.25, 0.3) is 5.56 Å². The molecule has 0 saturated carbocycles. The van der Waals surface area contributed by atoms with Gasteiger partial charge in [-0.2, -0.15) is 0 Å². The maximum absolute atomic E-state index is 13.4. The van der Waals surface area contributed by atoms with Crippen molar-refractivity contribution in [3.05, 3.63) is 50.9 Å². The molecule has 1 aliphatic heterocycles. The number of aromatic nitrogens is 4. The second kappa shape index (κ2) is 8.78. The van der Waals surface area contributed by atoms with Crippen LogP contribution < -0.4 is 5.56 Å². The Morgan fingerprint density at radius 2 is 1.76 bits per heavy atom. The van der Waals surface area contributed by atoms with E-state index in [1.165, 1.54) is 40.8 Å². The fourth-order valence-electron chi connectivity index (χ4n) is 5.27. The van der Waals surface area contributed by atoms with Crippen LogP contribution in [0.1, 0.15) is 43.4 Å². The topological polar surface area (TPSA) is 63.9 Å². The van der Waals surface area contributed by atoms with Crippen molar-refractivity contribution in [1.29, 1.82) is 0 Å². The molecule has 170 valence electrons. The molecule has 4 heterocycles. The number of hydrogen-bond donors (Lipinski definition) is 0. The third kappa shape index (κ3) is 3.86. The molecule has 1 aliphatic carbocycles. The number of benzene rings is 1. The summed E-state index contributed by atoms with van der Waals surface area (Å²) in [6, 6.07) is 7.96. The van der Waals surface area contributed by atoms with Crippen LogP contribution in [0.2, 0.25) is 5.02 Å². The maximum Gasteiger partial charge on any atom is 0.287 e. The molecule has 0 N–H and O–H groups in total. The number of fused-ring (bicyclic) bond motifs is 4. The van der Waals surface area contributed by atoms with Gasteiger partial charge in [0.2, 0.25) is 0 Å². The van der Waals surface area contributed by atoms with E-state index in [1.54, 1.807) is 0 Å². The third-order valence-corrected chi connectivity index (χ3v) is 8.30. The molecule has 3 aromatic heterocycles. The lowest BCUT2D eigenvalue weighted by Gasteiger charge is -2.26. The normalized spacial score (nSPS) is 17.0. The molecular weight excluding hydrogens is 454 g/mol. The van der Waals surface area contributed by atoms with E-state index in [0.717, 1.165) is 72.4 Å². The van der Waals surface area contributed by atoms with Crippen molar-refractivity contribution in [2.24, 2.45) is 0 Å². The van der Waals surface area contributed by atoms with E-state index < -0.39 is 0 Å². The lowest BCUT2D eigenvalue weighted by molar-refractivity contribution is 0.216. The number of aryl methyl sites for hydroxylation is 1. The van der Waals surface area contributed by atoms with Gasteiger partial charge < -0.3 is 4.90 Å². The SMILES string of the molecule is O=c1c2sc3nc4c(c(-c5ccc(Cl)cc5)c3c2nnn1CCN1CCCCC1)CCCC4. The molecule has 0 amide bonds. The van der Waals surface area contributed by atoms with Gasteiger partial charge in [0.05, 0.1) is 6.54 Å². The zero-order valence-electron chi connectivity index (χ0n) is 18.5. The van der Waals surface area contributed by atoms with Crippen LogP contribution in [0, 0.1) is 0 Å². The number of likely N-dealkylation sites (tertiary alicyclic amines) is 1. The van der Waals surface area contributed by atoms with Gasteiger partial charge in [0.1, 0.15) is 15.0 Å². The van der Waals surface area contributed by atoms with Crippen LogP contribution in [-0.2, 0) is 19.4 Å². The molecule has 8 heteroatoms. The molecule has 0 unspecified atom stereocenters. The number of thiophene rings is 1. The molecular formula is C25H26ClN5OS. The average molecular weight is 480 g/mol. The van der Waals surface area contributed by atoms with Gasteiger partial charge in [-0.15, -0.1) is 16.4 Å². The van der Waals surface area contributed by atoms with E-state index in [2.05, 4.69) is 27.3 Å². The predicted octanol–water partition coefficient (Wildman–Crippen LogP) is 5.09. The van der Waals surface area contributed by atoms with Gasteiger partial charge in [-0.1, -0.05) is 35.4 Å². The standard InChI is InChI=1S/C25H26ClN5OS/c26-17-10-8-16(9-11-17)20-18-6-2-3-7-19(18)27-24-21(20)22-23(33-24)25(32)31(29-28-22)15-14-30-12-4-1-5-13-30/h8-11H,1-7,12-15H2. The van der Waals surface area contributed by atoms with E-state index in [1.807, 2.05) is 12.1 Å². The minimum absolute atomic E-state index is 0.0555. The summed E-state index contributed by atoms with van der Waals surface area (Å²) in [6.45, 7) is 3.62. The molecule has 1 saturated heterocycles. The molecule has 4 aromatic rings. The van der Waals surface area contributed by atoms with Crippen LogP contribution in [0.4, 0.5) is 0 Å². The molecule has 0 bridgehead atoms. The zero-order chi connectivity index (χ0) is 22.4. The smallest absolute Gasteiger partial charge is 0.287 e. The second-order valence-electron chi connectivity index (χ2n) is 9.11. The van der Waals surface area contributed by atoms with E-state index >= 15 is 0 Å². The molecule has 2 aliphatic rings. The molecule has 0 radical (unpaired) electrons. The number of hydrogen-bond acceptors (Lipinski definition) is 6.